The third-order valence-corrected chi connectivity index (χ3v) is 5.00. The average Bonchev–Trinajstić information content (AvgIpc) is 2.72. The van der Waals surface area contributed by atoms with Crippen molar-refractivity contribution in [3.05, 3.63) is 40.6 Å². The molecule has 4 rings (SSSR count). The maximum absolute atomic E-state index is 14.7. The number of benzene rings is 1. The van der Waals surface area contributed by atoms with Gasteiger partial charge in [0.2, 0.25) is 5.88 Å². The molecule has 1 fully saturated rings. The van der Waals surface area contributed by atoms with E-state index in [1.165, 1.54) is 6.07 Å². The third-order valence-electron chi connectivity index (χ3n) is 4.77. The van der Waals surface area contributed by atoms with E-state index in [1.54, 1.807) is 19.1 Å². The summed E-state index contributed by atoms with van der Waals surface area (Å²) in [5, 5.41) is 0.281. The lowest BCUT2D eigenvalue weighted by molar-refractivity contribution is 0.0836. The normalized spacial score (nSPS) is 15.0. The molecule has 0 amide bonds. The fourth-order valence-electron chi connectivity index (χ4n) is 3.31. The Kier molecular flexibility index (Phi) is 5.82. The maximum atomic E-state index is 14.7. The third kappa shape index (κ3) is 4.13. The SMILES string of the molecule is Cc1nc2nc(C3CCOCC3)nc(-c3ccc(Cl)cc3F)c2nc1OCCF. The summed E-state index contributed by atoms with van der Waals surface area (Å²) >= 11 is 5.91. The highest BCUT2D eigenvalue weighted by Crippen LogP contribution is 2.33. The Bertz CT molecular complexity index is 1040. The summed E-state index contributed by atoms with van der Waals surface area (Å²) in [6.45, 7) is 2.15. The lowest BCUT2D eigenvalue weighted by atomic mass is 9.99. The van der Waals surface area contributed by atoms with Crippen LogP contribution in [0.25, 0.3) is 22.4 Å². The molecule has 29 heavy (non-hydrogen) atoms. The summed E-state index contributed by atoms with van der Waals surface area (Å²) in [5.74, 6) is 0.320. The van der Waals surface area contributed by atoms with Gasteiger partial charge >= 0.3 is 0 Å². The van der Waals surface area contributed by atoms with Gasteiger partial charge in [-0.1, -0.05) is 11.6 Å². The van der Waals surface area contributed by atoms with Gasteiger partial charge in [0, 0.05) is 29.7 Å². The van der Waals surface area contributed by atoms with Gasteiger partial charge in [-0.25, -0.2) is 28.7 Å². The van der Waals surface area contributed by atoms with Gasteiger partial charge in [-0.2, -0.15) is 0 Å². The average molecular weight is 421 g/mol. The Hall–Kier alpha value is -2.45. The number of aryl methyl sites for hydroxylation is 1. The van der Waals surface area contributed by atoms with Crippen LogP contribution in [0.2, 0.25) is 5.02 Å². The minimum atomic E-state index is -0.656. The van der Waals surface area contributed by atoms with Gasteiger partial charge in [-0.05, 0) is 38.0 Å². The van der Waals surface area contributed by atoms with Crippen LogP contribution in [0.3, 0.4) is 0 Å². The van der Waals surface area contributed by atoms with E-state index in [0.29, 0.717) is 41.6 Å². The van der Waals surface area contributed by atoms with Crippen LogP contribution in [-0.4, -0.2) is 46.4 Å². The summed E-state index contributed by atoms with van der Waals surface area (Å²) in [6.07, 6.45) is 1.55. The first kappa shape index (κ1) is 19.8. The highest BCUT2D eigenvalue weighted by atomic mass is 35.5. The molecular formula is C20H19ClF2N4O2. The molecule has 0 spiro atoms. The van der Waals surface area contributed by atoms with Gasteiger partial charge in [0.25, 0.3) is 0 Å². The van der Waals surface area contributed by atoms with Crippen molar-refractivity contribution >= 4 is 22.8 Å². The van der Waals surface area contributed by atoms with Crippen LogP contribution in [0.1, 0.15) is 30.3 Å². The highest BCUT2D eigenvalue weighted by Gasteiger charge is 2.24. The molecule has 0 unspecified atom stereocenters. The Labute approximate surface area is 171 Å². The van der Waals surface area contributed by atoms with Crippen molar-refractivity contribution < 1.29 is 18.3 Å². The van der Waals surface area contributed by atoms with Crippen LogP contribution in [0.5, 0.6) is 5.88 Å². The maximum Gasteiger partial charge on any atom is 0.236 e. The Morgan fingerprint density at radius 1 is 1.17 bits per heavy atom. The molecule has 1 aliphatic heterocycles. The van der Waals surface area contributed by atoms with Gasteiger partial charge < -0.3 is 9.47 Å². The van der Waals surface area contributed by atoms with Crippen LogP contribution in [-0.2, 0) is 4.74 Å². The van der Waals surface area contributed by atoms with Gasteiger partial charge in [0.05, 0.1) is 0 Å². The number of nitrogens with zero attached hydrogens (tertiary/aromatic N) is 4. The molecule has 152 valence electrons. The topological polar surface area (TPSA) is 70.0 Å². The molecule has 1 saturated heterocycles. The fourth-order valence-corrected chi connectivity index (χ4v) is 3.47. The number of aromatic nitrogens is 4. The first-order valence-corrected chi connectivity index (χ1v) is 9.73. The number of rotatable bonds is 5. The monoisotopic (exact) mass is 420 g/mol. The quantitative estimate of drug-likeness (QED) is 0.608. The molecule has 2 aromatic heterocycles. The van der Waals surface area contributed by atoms with Crippen molar-refractivity contribution in [2.45, 2.75) is 25.7 Å². The highest BCUT2D eigenvalue weighted by molar-refractivity contribution is 6.30. The van der Waals surface area contributed by atoms with Crippen LogP contribution in [0.15, 0.2) is 18.2 Å². The predicted octanol–water partition coefficient (Wildman–Crippen LogP) is 4.43. The number of hydrogen-bond acceptors (Lipinski definition) is 6. The molecule has 0 atom stereocenters. The number of fused-ring (bicyclic) bond motifs is 1. The van der Waals surface area contributed by atoms with E-state index < -0.39 is 12.5 Å². The molecule has 3 heterocycles. The minimum absolute atomic E-state index is 0.0897. The van der Waals surface area contributed by atoms with E-state index in [-0.39, 0.29) is 29.0 Å². The molecule has 1 aliphatic rings. The summed E-state index contributed by atoms with van der Waals surface area (Å²) in [5.41, 5.74) is 1.66. The van der Waals surface area contributed by atoms with Crippen LogP contribution < -0.4 is 4.74 Å². The Morgan fingerprint density at radius 2 is 1.97 bits per heavy atom. The van der Waals surface area contributed by atoms with Crippen LogP contribution in [0.4, 0.5) is 8.78 Å². The minimum Gasteiger partial charge on any atom is -0.474 e. The van der Waals surface area contributed by atoms with Gasteiger partial charge in [0.1, 0.15) is 41.8 Å². The van der Waals surface area contributed by atoms with Crippen molar-refractivity contribution in [1.29, 1.82) is 0 Å². The molecule has 0 saturated carbocycles. The molecule has 0 radical (unpaired) electrons. The van der Waals surface area contributed by atoms with Crippen molar-refractivity contribution in [3.8, 4) is 17.1 Å². The zero-order valence-corrected chi connectivity index (χ0v) is 16.5. The van der Waals surface area contributed by atoms with Gasteiger partial charge in [-0.3, -0.25) is 0 Å². The second kappa shape index (κ2) is 8.51. The number of alkyl halides is 1. The second-order valence-electron chi connectivity index (χ2n) is 6.77. The van der Waals surface area contributed by atoms with Crippen molar-refractivity contribution in [2.75, 3.05) is 26.5 Å². The first-order chi connectivity index (χ1) is 14.1. The molecular weight excluding hydrogens is 402 g/mol. The van der Waals surface area contributed by atoms with Gasteiger partial charge in [0.15, 0.2) is 5.65 Å². The molecule has 0 bridgehead atoms. The largest absolute Gasteiger partial charge is 0.474 e. The molecule has 6 nitrogen and oxygen atoms in total. The number of hydrogen-bond donors (Lipinski definition) is 0. The Balaban J connectivity index is 1.92. The van der Waals surface area contributed by atoms with E-state index in [2.05, 4.69) is 19.9 Å². The summed E-state index contributed by atoms with van der Waals surface area (Å²) in [4.78, 5) is 18.2. The zero-order chi connectivity index (χ0) is 20.4. The van der Waals surface area contributed by atoms with Gasteiger partial charge in [-0.15, -0.1) is 0 Å². The Morgan fingerprint density at radius 3 is 2.69 bits per heavy atom. The van der Waals surface area contributed by atoms with Crippen molar-refractivity contribution in [1.82, 2.24) is 19.9 Å². The van der Waals surface area contributed by atoms with E-state index in [1.807, 2.05) is 0 Å². The van der Waals surface area contributed by atoms with Crippen LogP contribution >= 0.6 is 11.6 Å². The predicted molar refractivity (Wildman–Crippen MR) is 105 cm³/mol. The van der Waals surface area contributed by atoms with Crippen molar-refractivity contribution in [3.63, 3.8) is 0 Å². The molecule has 3 aromatic rings. The first-order valence-electron chi connectivity index (χ1n) is 9.35. The van der Waals surface area contributed by atoms with Crippen molar-refractivity contribution in [2.24, 2.45) is 0 Å². The zero-order valence-electron chi connectivity index (χ0n) is 15.8. The second-order valence-corrected chi connectivity index (χ2v) is 7.20. The summed E-state index contributed by atoms with van der Waals surface area (Å²) in [7, 11) is 0. The number of ether oxygens (including phenoxy) is 2. The molecule has 0 N–H and O–H groups in total. The smallest absolute Gasteiger partial charge is 0.236 e. The standard InChI is InChI=1S/C20H19ClF2N4O2/c1-11-20(29-9-6-22)26-17-16(14-3-2-13(21)10-15(14)23)25-18(27-19(17)24-11)12-4-7-28-8-5-12/h2-3,10,12H,4-9H2,1H3. The van der Waals surface area contributed by atoms with E-state index in [0.717, 1.165) is 12.8 Å². The molecule has 0 aliphatic carbocycles. The molecule has 9 heteroatoms. The lowest BCUT2D eigenvalue weighted by Gasteiger charge is -2.21. The summed E-state index contributed by atoms with van der Waals surface area (Å²) < 4.78 is 38.0. The molecule has 1 aromatic carbocycles. The lowest BCUT2D eigenvalue weighted by Crippen LogP contribution is -2.17. The summed E-state index contributed by atoms with van der Waals surface area (Å²) in [6, 6.07) is 4.36. The van der Waals surface area contributed by atoms with Crippen LogP contribution in [0, 0.1) is 12.7 Å². The fraction of sp³-hybridized carbons (Fsp3) is 0.400. The van der Waals surface area contributed by atoms with E-state index in [9.17, 15) is 8.78 Å². The number of halogens is 3. The van der Waals surface area contributed by atoms with E-state index in [4.69, 9.17) is 21.1 Å². The van der Waals surface area contributed by atoms with E-state index >= 15 is 0 Å².